The SMILES string of the molecule is CC(C)CCc1noc(C2CCNC(C)C2)n1. The second-order valence-electron chi connectivity index (χ2n) is 5.56. The van der Waals surface area contributed by atoms with Gasteiger partial charge in [0.25, 0.3) is 0 Å². The van der Waals surface area contributed by atoms with Crippen LogP contribution in [0.5, 0.6) is 0 Å². The molecule has 0 radical (unpaired) electrons. The van der Waals surface area contributed by atoms with Gasteiger partial charge in [-0.05, 0) is 38.6 Å². The second-order valence-corrected chi connectivity index (χ2v) is 5.56. The number of aromatic nitrogens is 2. The van der Waals surface area contributed by atoms with Gasteiger partial charge in [-0.3, -0.25) is 0 Å². The Kier molecular flexibility index (Phi) is 4.15. The average molecular weight is 237 g/mol. The number of hydrogen-bond donors (Lipinski definition) is 1. The van der Waals surface area contributed by atoms with Gasteiger partial charge in [-0.1, -0.05) is 19.0 Å². The van der Waals surface area contributed by atoms with Crippen LogP contribution in [0.4, 0.5) is 0 Å². The van der Waals surface area contributed by atoms with Gasteiger partial charge in [0, 0.05) is 18.4 Å². The first-order valence-corrected chi connectivity index (χ1v) is 6.71. The van der Waals surface area contributed by atoms with Gasteiger partial charge in [-0.15, -0.1) is 0 Å². The van der Waals surface area contributed by atoms with Crippen molar-refractivity contribution in [2.75, 3.05) is 6.54 Å². The van der Waals surface area contributed by atoms with Crippen molar-refractivity contribution >= 4 is 0 Å². The van der Waals surface area contributed by atoms with Gasteiger partial charge in [0.2, 0.25) is 5.89 Å². The van der Waals surface area contributed by atoms with Crippen LogP contribution in [0.1, 0.15) is 57.7 Å². The van der Waals surface area contributed by atoms with Gasteiger partial charge in [0.05, 0.1) is 0 Å². The smallest absolute Gasteiger partial charge is 0.229 e. The van der Waals surface area contributed by atoms with E-state index in [0.29, 0.717) is 17.9 Å². The number of nitrogens with one attached hydrogen (secondary N) is 1. The summed E-state index contributed by atoms with van der Waals surface area (Å²) in [7, 11) is 0. The van der Waals surface area contributed by atoms with Crippen LogP contribution >= 0.6 is 0 Å². The highest BCUT2D eigenvalue weighted by Crippen LogP contribution is 2.26. The van der Waals surface area contributed by atoms with Crippen molar-refractivity contribution in [3.63, 3.8) is 0 Å². The zero-order valence-corrected chi connectivity index (χ0v) is 11.1. The first-order valence-electron chi connectivity index (χ1n) is 6.71. The maximum atomic E-state index is 5.40. The van der Waals surface area contributed by atoms with E-state index in [2.05, 4.69) is 36.2 Å². The molecule has 0 spiro atoms. The van der Waals surface area contributed by atoms with Crippen molar-refractivity contribution in [3.8, 4) is 0 Å². The summed E-state index contributed by atoms with van der Waals surface area (Å²) in [6, 6.07) is 0.555. The van der Waals surface area contributed by atoms with E-state index in [1.54, 1.807) is 0 Å². The monoisotopic (exact) mass is 237 g/mol. The predicted octanol–water partition coefficient (Wildman–Crippen LogP) is 2.51. The molecule has 0 saturated carbocycles. The normalized spacial score (nSPS) is 25.4. The Morgan fingerprint density at radius 3 is 3.00 bits per heavy atom. The lowest BCUT2D eigenvalue weighted by molar-refractivity contribution is 0.294. The van der Waals surface area contributed by atoms with E-state index in [0.717, 1.165) is 43.9 Å². The van der Waals surface area contributed by atoms with Crippen LogP contribution in [0.25, 0.3) is 0 Å². The molecule has 96 valence electrons. The molecule has 0 aliphatic carbocycles. The lowest BCUT2D eigenvalue weighted by atomic mass is 9.93. The van der Waals surface area contributed by atoms with Gasteiger partial charge >= 0.3 is 0 Å². The fraction of sp³-hybridized carbons (Fsp3) is 0.846. The van der Waals surface area contributed by atoms with Crippen molar-refractivity contribution in [1.29, 1.82) is 0 Å². The van der Waals surface area contributed by atoms with Crippen molar-refractivity contribution in [1.82, 2.24) is 15.5 Å². The van der Waals surface area contributed by atoms with Crippen LogP contribution in [-0.2, 0) is 6.42 Å². The Morgan fingerprint density at radius 2 is 2.29 bits per heavy atom. The molecule has 4 heteroatoms. The maximum absolute atomic E-state index is 5.40. The van der Waals surface area contributed by atoms with Crippen molar-refractivity contribution < 1.29 is 4.52 Å². The summed E-state index contributed by atoms with van der Waals surface area (Å²) < 4.78 is 5.40. The molecule has 1 aromatic rings. The number of aryl methyl sites for hydroxylation is 1. The van der Waals surface area contributed by atoms with Gasteiger partial charge in [0.15, 0.2) is 5.82 Å². The van der Waals surface area contributed by atoms with Crippen LogP contribution in [-0.4, -0.2) is 22.7 Å². The fourth-order valence-electron chi connectivity index (χ4n) is 2.31. The third-order valence-electron chi connectivity index (χ3n) is 3.40. The predicted molar refractivity (Wildman–Crippen MR) is 66.9 cm³/mol. The molecule has 2 atom stereocenters. The Morgan fingerprint density at radius 1 is 1.47 bits per heavy atom. The molecule has 1 saturated heterocycles. The third kappa shape index (κ3) is 3.53. The molecule has 0 aromatic carbocycles. The minimum atomic E-state index is 0.451. The Labute approximate surface area is 103 Å². The topological polar surface area (TPSA) is 51.0 Å². The molecule has 1 aromatic heterocycles. The molecule has 1 aliphatic heterocycles. The van der Waals surface area contributed by atoms with Gasteiger partial charge in [-0.25, -0.2) is 0 Å². The van der Waals surface area contributed by atoms with Crippen molar-refractivity contribution in [3.05, 3.63) is 11.7 Å². The summed E-state index contributed by atoms with van der Waals surface area (Å²) in [5, 5.41) is 7.52. The first kappa shape index (κ1) is 12.6. The molecule has 1 fully saturated rings. The van der Waals surface area contributed by atoms with Gasteiger partial charge in [0.1, 0.15) is 0 Å². The lowest BCUT2D eigenvalue weighted by Crippen LogP contribution is -2.34. The summed E-state index contributed by atoms with van der Waals surface area (Å²) in [6.07, 6.45) is 4.27. The van der Waals surface area contributed by atoms with Crippen molar-refractivity contribution in [2.24, 2.45) is 5.92 Å². The maximum Gasteiger partial charge on any atom is 0.229 e. The quantitative estimate of drug-likeness (QED) is 0.874. The molecular weight excluding hydrogens is 214 g/mol. The molecule has 2 unspecified atom stereocenters. The van der Waals surface area contributed by atoms with Crippen LogP contribution in [0.15, 0.2) is 4.52 Å². The van der Waals surface area contributed by atoms with Crippen LogP contribution in [0.2, 0.25) is 0 Å². The van der Waals surface area contributed by atoms with Crippen molar-refractivity contribution in [2.45, 2.75) is 58.4 Å². The summed E-state index contributed by atoms with van der Waals surface area (Å²) in [5.41, 5.74) is 0. The summed E-state index contributed by atoms with van der Waals surface area (Å²) in [6.45, 7) is 7.70. The summed E-state index contributed by atoms with van der Waals surface area (Å²) >= 11 is 0. The highest BCUT2D eigenvalue weighted by Gasteiger charge is 2.24. The first-order chi connectivity index (χ1) is 8.15. The molecule has 4 nitrogen and oxygen atoms in total. The number of rotatable bonds is 4. The lowest BCUT2D eigenvalue weighted by Gasteiger charge is -2.25. The Bertz CT molecular complexity index is 348. The zero-order valence-electron chi connectivity index (χ0n) is 11.1. The van der Waals surface area contributed by atoms with E-state index in [1.807, 2.05) is 0 Å². The van der Waals surface area contributed by atoms with E-state index < -0.39 is 0 Å². The largest absolute Gasteiger partial charge is 0.339 e. The molecule has 2 rings (SSSR count). The average Bonchev–Trinajstić information content (AvgIpc) is 2.75. The molecule has 0 amide bonds. The standard InChI is InChI=1S/C13H23N3O/c1-9(2)4-5-12-15-13(17-16-12)11-6-7-14-10(3)8-11/h9-11,14H,4-8H2,1-3H3. The third-order valence-corrected chi connectivity index (χ3v) is 3.40. The van der Waals surface area contributed by atoms with Gasteiger partial charge in [-0.2, -0.15) is 4.98 Å². The van der Waals surface area contributed by atoms with E-state index in [1.165, 1.54) is 0 Å². The summed E-state index contributed by atoms with van der Waals surface area (Å²) in [4.78, 5) is 4.53. The molecule has 1 aliphatic rings. The van der Waals surface area contributed by atoms with Gasteiger partial charge < -0.3 is 9.84 Å². The van der Waals surface area contributed by atoms with Crippen LogP contribution < -0.4 is 5.32 Å². The summed E-state index contributed by atoms with van der Waals surface area (Å²) in [5.74, 6) is 2.86. The Balaban J connectivity index is 1.92. The van der Waals surface area contributed by atoms with E-state index >= 15 is 0 Å². The Hall–Kier alpha value is -0.900. The highest BCUT2D eigenvalue weighted by molar-refractivity contribution is 4.97. The molecule has 17 heavy (non-hydrogen) atoms. The van der Waals surface area contributed by atoms with Crippen LogP contribution in [0, 0.1) is 5.92 Å². The highest BCUT2D eigenvalue weighted by atomic mass is 16.5. The zero-order chi connectivity index (χ0) is 12.3. The molecule has 1 N–H and O–H groups in total. The molecule has 2 heterocycles. The van der Waals surface area contributed by atoms with Crippen LogP contribution in [0.3, 0.4) is 0 Å². The second kappa shape index (κ2) is 5.63. The van der Waals surface area contributed by atoms with E-state index in [4.69, 9.17) is 4.52 Å². The number of nitrogens with zero attached hydrogens (tertiary/aromatic N) is 2. The minimum Gasteiger partial charge on any atom is -0.339 e. The van der Waals surface area contributed by atoms with E-state index in [-0.39, 0.29) is 0 Å². The number of hydrogen-bond acceptors (Lipinski definition) is 4. The molecular formula is C13H23N3O. The molecule has 0 bridgehead atoms. The fourth-order valence-corrected chi connectivity index (χ4v) is 2.31. The number of piperidine rings is 1. The van der Waals surface area contributed by atoms with E-state index in [9.17, 15) is 0 Å². The minimum absolute atomic E-state index is 0.451.